The SMILES string of the molecule is CCC[C@H]1CCCN1Cc1c(-c2ccccc2)cc(Cl)c(=O)n1CCc1ccc(C(=O)OC)cc1. The third-order valence-corrected chi connectivity index (χ3v) is 7.19. The molecule has 0 spiro atoms. The van der Waals surface area contributed by atoms with Gasteiger partial charge in [-0.15, -0.1) is 0 Å². The maximum atomic E-state index is 13.3. The molecule has 0 radical (unpaired) electrons. The fourth-order valence-corrected chi connectivity index (χ4v) is 5.28. The van der Waals surface area contributed by atoms with Crippen molar-refractivity contribution in [3.8, 4) is 11.1 Å². The number of rotatable bonds is 9. The fourth-order valence-electron chi connectivity index (χ4n) is 5.07. The van der Waals surface area contributed by atoms with Gasteiger partial charge in [-0.05, 0) is 61.6 Å². The lowest BCUT2D eigenvalue weighted by atomic mass is 10.0. The van der Waals surface area contributed by atoms with Crippen LogP contribution in [0.1, 0.15) is 54.2 Å². The number of esters is 1. The molecule has 4 rings (SSSR count). The van der Waals surface area contributed by atoms with Gasteiger partial charge >= 0.3 is 5.97 Å². The van der Waals surface area contributed by atoms with Gasteiger partial charge in [-0.2, -0.15) is 0 Å². The Morgan fingerprint density at radius 1 is 1.11 bits per heavy atom. The molecule has 6 heteroatoms. The highest BCUT2D eigenvalue weighted by molar-refractivity contribution is 6.30. The van der Waals surface area contributed by atoms with Crippen LogP contribution in [0.5, 0.6) is 0 Å². The van der Waals surface area contributed by atoms with E-state index in [0.29, 0.717) is 24.6 Å². The lowest BCUT2D eigenvalue weighted by molar-refractivity contribution is 0.0600. The van der Waals surface area contributed by atoms with Crippen molar-refractivity contribution in [1.29, 1.82) is 0 Å². The van der Waals surface area contributed by atoms with Crippen molar-refractivity contribution < 1.29 is 9.53 Å². The number of likely N-dealkylation sites (tertiary alicyclic amines) is 1. The van der Waals surface area contributed by atoms with Gasteiger partial charge in [0.05, 0.1) is 12.7 Å². The Morgan fingerprint density at radius 3 is 2.54 bits per heavy atom. The Bertz CT molecular complexity index is 1210. The summed E-state index contributed by atoms with van der Waals surface area (Å²) < 4.78 is 6.65. The maximum Gasteiger partial charge on any atom is 0.337 e. The second-order valence-corrected chi connectivity index (χ2v) is 9.58. The minimum atomic E-state index is -0.357. The minimum absolute atomic E-state index is 0.154. The van der Waals surface area contributed by atoms with Gasteiger partial charge in [0.25, 0.3) is 5.56 Å². The molecule has 1 fully saturated rings. The van der Waals surface area contributed by atoms with Crippen LogP contribution < -0.4 is 5.56 Å². The van der Waals surface area contributed by atoms with Crippen molar-refractivity contribution in [2.45, 2.75) is 58.2 Å². The van der Waals surface area contributed by atoms with Crippen LogP contribution in [0, 0.1) is 0 Å². The minimum Gasteiger partial charge on any atom is -0.465 e. The lowest BCUT2D eigenvalue weighted by Crippen LogP contribution is -2.34. The van der Waals surface area contributed by atoms with Crippen LogP contribution in [-0.2, 0) is 24.2 Å². The summed E-state index contributed by atoms with van der Waals surface area (Å²) in [6.45, 7) is 4.52. The fraction of sp³-hybridized carbons (Fsp3) is 0.379. The van der Waals surface area contributed by atoms with Gasteiger partial charge < -0.3 is 9.30 Å². The molecule has 0 unspecified atom stereocenters. The highest BCUT2D eigenvalue weighted by Crippen LogP contribution is 2.30. The molecule has 0 bridgehead atoms. The van der Waals surface area contributed by atoms with Gasteiger partial charge in [0, 0.05) is 30.4 Å². The predicted molar refractivity (Wildman–Crippen MR) is 141 cm³/mol. The van der Waals surface area contributed by atoms with Crippen molar-refractivity contribution in [1.82, 2.24) is 9.47 Å². The Morgan fingerprint density at radius 2 is 1.86 bits per heavy atom. The van der Waals surface area contributed by atoms with Gasteiger partial charge in [-0.1, -0.05) is 67.4 Å². The topological polar surface area (TPSA) is 51.5 Å². The Balaban J connectivity index is 1.70. The molecule has 2 heterocycles. The first-order chi connectivity index (χ1) is 17.0. The number of ether oxygens (including phenoxy) is 1. The van der Waals surface area contributed by atoms with Gasteiger partial charge in [0.2, 0.25) is 0 Å². The number of pyridine rings is 1. The first-order valence-electron chi connectivity index (χ1n) is 12.4. The van der Waals surface area contributed by atoms with E-state index in [4.69, 9.17) is 16.3 Å². The van der Waals surface area contributed by atoms with Gasteiger partial charge in [-0.3, -0.25) is 9.69 Å². The third kappa shape index (κ3) is 5.85. The smallest absolute Gasteiger partial charge is 0.337 e. The molecule has 0 saturated carbocycles. The molecule has 184 valence electrons. The first-order valence-corrected chi connectivity index (χ1v) is 12.8. The second-order valence-electron chi connectivity index (χ2n) is 9.17. The number of halogens is 1. The van der Waals surface area contributed by atoms with E-state index in [1.807, 2.05) is 41.0 Å². The van der Waals surface area contributed by atoms with Gasteiger partial charge in [0.1, 0.15) is 5.02 Å². The third-order valence-electron chi connectivity index (χ3n) is 6.91. The highest BCUT2D eigenvalue weighted by Gasteiger charge is 2.26. The molecule has 35 heavy (non-hydrogen) atoms. The lowest BCUT2D eigenvalue weighted by Gasteiger charge is -2.27. The summed E-state index contributed by atoms with van der Waals surface area (Å²) in [6.07, 6.45) is 5.38. The largest absolute Gasteiger partial charge is 0.465 e. The van der Waals surface area contributed by atoms with Crippen LogP contribution in [0.4, 0.5) is 0 Å². The molecule has 5 nitrogen and oxygen atoms in total. The quantitative estimate of drug-likeness (QED) is 0.346. The van der Waals surface area contributed by atoms with Crippen LogP contribution in [0.2, 0.25) is 5.02 Å². The molecule has 1 aliphatic heterocycles. The molecule has 1 aliphatic rings. The summed E-state index contributed by atoms with van der Waals surface area (Å²) in [7, 11) is 1.37. The molecule has 3 aromatic rings. The van der Waals surface area contributed by atoms with Crippen molar-refractivity contribution >= 4 is 17.6 Å². The van der Waals surface area contributed by atoms with Crippen molar-refractivity contribution in [2.75, 3.05) is 13.7 Å². The van der Waals surface area contributed by atoms with E-state index in [1.165, 1.54) is 26.4 Å². The number of aromatic nitrogens is 1. The molecular weight excluding hydrogens is 460 g/mol. The molecule has 0 N–H and O–H groups in total. The molecule has 1 saturated heterocycles. The van der Waals surface area contributed by atoms with Crippen LogP contribution >= 0.6 is 11.6 Å². The van der Waals surface area contributed by atoms with E-state index in [-0.39, 0.29) is 16.6 Å². The van der Waals surface area contributed by atoms with Crippen LogP contribution in [0.25, 0.3) is 11.1 Å². The zero-order valence-corrected chi connectivity index (χ0v) is 21.3. The number of hydrogen-bond donors (Lipinski definition) is 0. The molecule has 2 aromatic carbocycles. The normalized spacial score (nSPS) is 15.9. The summed E-state index contributed by atoms with van der Waals surface area (Å²) in [5.74, 6) is -0.357. The number of nitrogens with zero attached hydrogens (tertiary/aromatic N) is 2. The molecule has 1 atom stereocenters. The van der Waals surface area contributed by atoms with Crippen LogP contribution in [0.15, 0.2) is 65.5 Å². The van der Waals surface area contributed by atoms with E-state index in [9.17, 15) is 9.59 Å². The van der Waals surface area contributed by atoms with E-state index >= 15 is 0 Å². The summed E-state index contributed by atoms with van der Waals surface area (Å²) in [6, 6.07) is 19.9. The Labute approximate surface area is 212 Å². The number of hydrogen-bond acceptors (Lipinski definition) is 4. The average molecular weight is 493 g/mol. The van der Waals surface area contributed by atoms with Crippen LogP contribution in [0.3, 0.4) is 0 Å². The Kier molecular flexibility index (Phi) is 8.42. The maximum absolute atomic E-state index is 13.3. The van der Waals surface area contributed by atoms with E-state index in [2.05, 4.69) is 24.0 Å². The molecule has 0 aliphatic carbocycles. The summed E-state index contributed by atoms with van der Waals surface area (Å²) >= 11 is 6.49. The number of benzene rings is 2. The average Bonchev–Trinajstić information content (AvgIpc) is 3.33. The number of carbonyl (C=O) groups is 1. The van der Waals surface area contributed by atoms with E-state index in [1.54, 1.807) is 12.1 Å². The number of methoxy groups -OCH3 is 1. The molecule has 1 aromatic heterocycles. The molecule has 0 amide bonds. The first kappa shape index (κ1) is 25.2. The van der Waals surface area contributed by atoms with E-state index in [0.717, 1.165) is 41.9 Å². The van der Waals surface area contributed by atoms with E-state index < -0.39 is 0 Å². The second kappa shape index (κ2) is 11.7. The zero-order valence-electron chi connectivity index (χ0n) is 20.5. The number of aryl methyl sites for hydroxylation is 1. The van der Waals surface area contributed by atoms with Gasteiger partial charge in [0.15, 0.2) is 0 Å². The van der Waals surface area contributed by atoms with Gasteiger partial charge in [-0.25, -0.2) is 4.79 Å². The summed E-state index contributed by atoms with van der Waals surface area (Å²) in [5, 5.41) is 0.236. The standard InChI is InChI=1S/C29H33ClN2O3/c1-3-8-24-11-7-17-31(24)20-27-25(22-9-5-4-6-10-22)19-26(30)28(33)32(27)18-16-21-12-14-23(15-13-21)29(34)35-2/h4-6,9-10,12-15,19,24H,3,7-8,11,16-18,20H2,1-2H3/t24-/m0/s1. The summed E-state index contributed by atoms with van der Waals surface area (Å²) in [4.78, 5) is 27.6. The monoisotopic (exact) mass is 492 g/mol. The summed E-state index contributed by atoms with van der Waals surface area (Å²) in [5.41, 5.74) is 4.49. The highest BCUT2D eigenvalue weighted by atomic mass is 35.5. The van der Waals surface area contributed by atoms with Crippen molar-refractivity contribution in [2.24, 2.45) is 0 Å². The molecular formula is C29H33ClN2O3. The van der Waals surface area contributed by atoms with Crippen LogP contribution in [-0.4, -0.2) is 35.1 Å². The van der Waals surface area contributed by atoms with Crippen molar-refractivity contribution in [3.63, 3.8) is 0 Å². The zero-order chi connectivity index (χ0) is 24.8. The van der Waals surface area contributed by atoms with Crippen molar-refractivity contribution in [3.05, 3.63) is 92.9 Å². The number of carbonyl (C=O) groups excluding carboxylic acids is 1. The predicted octanol–water partition coefficient (Wildman–Crippen LogP) is 5.96. The Hall–Kier alpha value is -2.89.